The highest BCUT2D eigenvalue weighted by Crippen LogP contribution is 2.14. The second kappa shape index (κ2) is 4.64. The number of alkyl halides is 1. The van der Waals surface area contributed by atoms with Crippen LogP contribution in [0.5, 0.6) is 0 Å². The van der Waals surface area contributed by atoms with Crippen LogP contribution in [0.15, 0.2) is 12.4 Å². The number of aryl methyl sites for hydroxylation is 1. The van der Waals surface area contributed by atoms with Crippen molar-refractivity contribution in [3.8, 4) is 0 Å². The van der Waals surface area contributed by atoms with E-state index in [1.165, 1.54) is 17.0 Å². The van der Waals surface area contributed by atoms with E-state index in [0.717, 1.165) is 0 Å². The van der Waals surface area contributed by atoms with Crippen molar-refractivity contribution in [2.24, 2.45) is 0 Å². The van der Waals surface area contributed by atoms with Gasteiger partial charge in [0.25, 0.3) is 0 Å². The van der Waals surface area contributed by atoms with Gasteiger partial charge in [-0.15, -0.1) is 0 Å². The Hall–Kier alpha value is -1.52. The number of hydrogen-bond acceptors (Lipinski definition) is 3. The van der Waals surface area contributed by atoms with Crippen molar-refractivity contribution in [2.75, 3.05) is 19.0 Å². The molecule has 0 radical (unpaired) electrons. The maximum absolute atomic E-state index is 12.0. The summed E-state index contributed by atoms with van der Waals surface area (Å²) in [5.41, 5.74) is 6.17. The minimum atomic E-state index is -0.490. The van der Waals surface area contributed by atoms with Gasteiger partial charge in [-0.05, 0) is 6.92 Å². The smallest absolute Gasteiger partial charge is 0.341 e. The average molecular weight is 200 g/mol. The number of aromatic nitrogens is 1. The van der Waals surface area contributed by atoms with E-state index in [9.17, 15) is 9.18 Å². The van der Waals surface area contributed by atoms with Gasteiger partial charge in [-0.1, -0.05) is 0 Å². The van der Waals surface area contributed by atoms with Crippen molar-refractivity contribution in [1.82, 2.24) is 4.57 Å². The monoisotopic (exact) mass is 200 g/mol. The van der Waals surface area contributed by atoms with E-state index in [4.69, 9.17) is 10.5 Å². The number of ether oxygens (including phenoxy) is 1. The maximum Gasteiger partial charge on any atom is 0.341 e. The van der Waals surface area contributed by atoms with Gasteiger partial charge in [-0.3, -0.25) is 0 Å². The highest BCUT2D eigenvalue weighted by atomic mass is 19.1. The Balaban J connectivity index is 2.81. The predicted octanol–water partition coefficient (Wildman–Crippen LogP) is 1.22. The maximum atomic E-state index is 12.0. The molecular weight excluding hydrogens is 187 g/mol. The van der Waals surface area contributed by atoms with Crippen LogP contribution in [0, 0.1) is 0 Å². The first-order chi connectivity index (χ1) is 6.69. The first kappa shape index (κ1) is 10.6. The van der Waals surface area contributed by atoms with E-state index < -0.39 is 12.6 Å². The molecule has 0 spiro atoms. The Morgan fingerprint density at radius 2 is 2.36 bits per heavy atom. The van der Waals surface area contributed by atoms with Gasteiger partial charge < -0.3 is 15.0 Å². The molecule has 0 saturated heterocycles. The topological polar surface area (TPSA) is 57.2 Å². The summed E-state index contributed by atoms with van der Waals surface area (Å²) in [4.78, 5) is 11.3. The van der Waals surface area contributed by atoms with Gasteiger partial charge in [0.1, 0.15) is 12.2 Å². The van der Waals surface area contributed by atoms with Crippen LogP contribution >= 0.6 is 0 Å². The second-order valence-electron chi connectivity index (χ2n) is 2.77. The van der Waals surface area contributed by atoms with Crippen LogP contribution < -0.4 is 5.73 Å². The molecule has 1 heterocycles. The van der Waals surface area contributed by atoms with Crippen LogP contribution in [-0.2, 0) is 11.3 Å². The first-order valence-corrected chi connectivity index (χ1v) is 4.37. The van der Waals surface area contributed by atoms with Crippen molar-refractivity contribution >= 4 is 11.7 Å². The lowest BCUT2D eigenvalue weighted by molar-refractivity contribution is 0.0527. The van der Waals surface area contributed by atoms with Gasteiger partial charge in [0.2, 0.25) is 0 Å². The normalized spacial score (nSPS) is 10.1. The lowest BCUT2D eigenvalue weighted by Gasteiger charge is -1.99. The Kier molecular flexibility index (Phi) is 3.50. The fraction of sp³-hybridized carbons (Fsp3) is 0.444. The molecule has 5 heteroatoms. The van der Waals surface area contributed by atoms with Crippen LogP contribution in [0.2, 0.25) is 0 Å². The standard InChI is InChI=1S/C9H13FN2O2/c1-2-14-9(13)7-5-12(4-3-10)6-8(7)11/h5-6H,2-4,11H2,1H3. The second-order valence-corrected chi connectivity index (χ2v) is 2.77. The third-order valence-corrected chi connectivity index (χ3v) is 1.75. The number of nitrogens with zero attached hydrogens (tertiary/aromatic N) is 1. The molecule has 0 amide bonds. The van der Waals surface area contributed by atoms with E-state index in [2.05, 4.69) is 0 Å². The average Bonchev–Trinajstić information content (AvgIpc) is 2.48. The molecule has 1 rings (SSSR count). The molecule has 78 valence electrons. The van der Waals surface area contributed by atoms with Crippen molar-refractivity contribution in [1.29, 1.82) is 0 Å². The molecule has 0 fully saturated rings. The van der Waals surface area contributed by atoms with Crippen LogP contribution in [0.3, 0.4) is 0 Å². The summed E-state index contributed by atoms with van der Waals surface area (Å²) in [6, 6.07) is 0. The molecule has 1 aromatic heterocycles. The largest absolute Gasteiger partial charge is 0.462 e. The van der Waals surface area contributed by atoms with Crippen LogP contribution in [0.1, 0.15) is 17.3 Å². The molecule has 4 nitrogen and oxygen atoms in total. The van der Waals surface area contributed by atoms with Crippen molar-refractivity contribution in [3.05, 3.63) is 18.0 Å². The van der Waals surface area contributed by atoms with E-state index in [1.807, 2.05) is 0 Å². The summed E-state index contributed by atoms with van der Waals surface area (Å²) >= 11 is 0. The first-order valence-electron chi connectivity index (χ1n) is 4.37. The van der Waals surface area contributed by atoms with Crippen LogP contribution in [-0.4, -0.2) is 23.8 Å². The van der Waals surface area contributed by atoms with E-state index in [1.54, 1.807) is 6.92 Å². The Morgan fingerprint density at radius 1 is 1.64 bits per heavy atom. The molecule has 0 saturated carbocycles. The quantitative estimate of drug-likeness (QED) is 0.743. The molecule has 0 unspecified atom stereocenters. The molecule has 0 aliphatic carbocycles. The molecule has 0 atom stereocenters. The van der Waals surface area contributed by atoms with Gasteiger partial charge >= 0.3 is 5.97 Å². The van der Waals surface area contributed by atoms with Crippen LogP contribution in [0.4, 0.5) is 10.1 Å². The van der Waals surface area contributed by atoms with Crippen LogP contribution in [0.25, 0.3) is 0 Å². The number of nitrogen functional groups attached to an aromatic ring is 1. The van der Waals surface area contributed by atoms with E-state index >= 15 is 0 Å². The lowest BCUT2D eigenvalue weighted by Crippen LogP contribution is -2.05. The number of rotatable bonds is 4. The van der Waals surface area contributed by atoms with Gasteiger partial charge in [-0.25, -0.2) is 9.18 Å². The Morgan fingerprint density at radius 3 is 2.93 bits per heavy atom. The fourth-order valence-electron chi connectivity index (χ4n) is 1.13. The van der Waals surface area contributed by atoms with E-state index in [0.29, 0.717) is 17.9 Å². The molecule has 0 aromatic carbocycles. The molecule has 2 N–H and O–H groups in total. The summed E-state index contributed by atoms with van der Waals surface area (Å²) in [6.07, 6.45) is 3.01. The molecule has 0 bridgehead atoms. The molecule has 0 aliphatic rings. The van der Waals surface area contributed by atoms with Gasteiger partial charge in [-0.2, -0.15) is 0 Å². The number of anilines is 1. The number of halogens is 1. The zero-order valence-electron chi connectivity index (χ0n) is 8.00. The summed E-state index contributed by atoms with van der Waals surface area (Å²) < 4.78 is 18.3. The van der Waals surface area contributed by atoms with E-state index in [-0.39, 0.29) is 6.54 Å². The Labute approximate surface area is 81.5 Å². The number of carbonyl (C=O) groups is 1. The SMILES string of the molecule is CCOC(=O)c1cn(CCF)cc1N. The molecule has 14 heavy (non-hydrogen) atoms. The number of hydrogen-bond donors (Lipinski definition) is 1. The number of carbonyl (C=O) groups excluding carboxylic acids is 1. The molecule has 1 aromatic rings. The highest BCUT2D eigenvalue weighted by molar-refractivity contribution is 5.94. The summed E-state index contributed by atoms with van der Waals surface area (Å²) in [5, 5.41) is 0. The van der Waals surface area contributed by atoms with Crippen molar-refractivity contribution in [2.45, 2.75) is 13.5 Å². The third kappa shape index (κ3) is 2.25. The molecule has 0 aliphatic heterocycles. The summed E-state index contributed by atoms with van der Waals surface area (Å²) in [5.74, 6) is -0.470. The lowest BCUT2D eigenvalue weighted by atomic mass is 10.3. The zero-order valence-corrected chi connectivity index (χ0v) is 8.00. The van der Waals surface area contributed by atoms with Crippen molar-refractivity contribution < 1.29 is 13.9 Å². The third-order valence-electron chi connectivity index (χ3n) is 1.75. The van der Waals surface area contributed by atoms with Crippen molar-refractivity contribution in [3.63, 3.8) is 0 Å². The number of esters is 1. The summed E-state index contributed by atoms with van der Waals surface area (Å²) in [7, 11) is 0. The minimum absolute atomic E-state index is 0.198. The Bertz CT molecular complexity index is 323. The predicted molar refractivity (Wildman–Crippen MR) is 50.8 cm³/mol. The van der Waals surface area contributed by atoms with Gasteiger partial charge in [0.15, 0.2) is 0 Å². The fourth-order valence-corrected chi connectivity index (χ4v) is 1.13. The van der Waals surface area contributed by atoms with Gasteiger partial charge in [0, 0.05) is 12.4 Å². The minimum Gasteiger partial charge on any atom is -0.462 e. The number of nitrogens with two attached hydrogens (primary N) is 1. The summed E-state index contributed by atoms with van der Waals surface area (Å²) in [6.45, 7) is 1.72. The molecular formula is C9H13FN2O2. The van der Waals surface area contributed by atoms with Gasteiger partial charge in [0.05, 0.1) is 18.8 Å². The zero-order chi connectivity index (χ0) is 10.6. The highest BCUT2D eigenvalue weighted by Gasteiger charge is 2.12.